The van der Waals surface area contributed by atoms with Gasteiger partial charge in [-0.1, -0.05) is 47.6 Å². The van der Waals surface area contributed by atoms with Gasteiger partial charge in [-0.15, -0.1) is 17.0 Å². The van der Waals surface area contributed by atoms with Crippen LogP contribution in [-0.4, -0.2) is 36.4 Å². The Bertz CT molecular complexity index is 941. The summed E-state index contributed by atoms with van der Waals surface area (Å²) in [4.78, 5) is 5.92. The Hall–Kier alpha value is -1.10. The largest absolute Gasteiger partial charge is 0.366 e. The Morgan fingerprint density at radius 3 is 2.54 bits per heavy atom. The number of rotatable bonds is 3. The zero-order valence-electron chi connectivity index (χ0n) is 13.7. The van der Waals surface area contributed by atoms with Crippen LogP contribution in [0.4, 0.5) is 5.69 Å². The number of benzene rings is 2. The van der Waals surface area contributed by atoms with Crippen molar-refractivity contribution in [1.29, 1.82) is 0 Å². The molecule has 140 valence electrons. The quantitative estimate of drug-likeness (QED) is 0.707. The minimum absolute atomic E-state index is 0. The molecule has 2 aromatic carbocycles. The number of primary sulfonamides is 1. The van der Waals surface area contributed by atoms with Crippen LogP contribution in [0.3, 0.4) is 0 Å². The Morgan fingerprint density at radius 1 is 1.27 bits per heavy atom. The fraction of sp³-hybridized carbons (Fsp3) is 0.188. The summed E-state index contributed by atoms with van der Waals surface area (Å²) in [6, 6.07) is 13.7. The smallest absolute Gasteiger partial charge is 0.239 e. The van der Waals surface area contributed by atoms with Gasteiger partial charge in [-0.05, 0) is 24.3 Å². The van der Waals surface area contributed by atoms with Crippen LogP contribution in [0.2, 0.25) is 5.02 Å². The van der Waals surface area contributed by atoms with Crippen molar-refractivity contribution in [3.63, 3.8) is 0 Å². The molecule has 0 amide bonds. The minimum Gasteiger partial charge on any atom is -0.366 e. The van der Waals surface area contributed by atoms with E-state index >= 15 is 0 Å². The van der Waals surface area contributed by atoms with Gasteiger partial charge in [-0.2, -0.15) is 0 Å². The Morgan fingerprint density at radius 2 is 1.92 bits per heavy atom. The van der Waals surface area contributed by atoms with Crippen molar-refractivity contribution in [3.05, 3.63) is 59.1 Å². The molecule has 1 aliphatic rings. The zero-order valence-corrected chi connectivity index (χ0v) is 17.8. The van der Waals surface area contributed by atoms with Crippen LogP contribution >= 0.6 is 40.3 Å². The van der Waals surface area contributed by atoms with Gasteiger partial charge in [0, 0.05) is 12.6 Å². The highest BCUT2D eigenvalue weighted by atomic mass is 79.9. The van der Waals surface area contributed by atoms with E-state index in [1.807, 2.05) is 30.3 Å². The molecule has 0 aliphatic carbocycles. The van der Waals surface area contributed by atoms with Gasteiger partial charge >= 0.3 is 0 Å². The fourth-order valence-electron chi connectivity index (χ4n) is 2.48. The minimum atomic E-state index is -3.99. The predicted octanol–water partition coefficient (Wildman–Crippen LogP) is 3.08. The van der Waals surface area contributed by atoms with E-state index in [1.165, 1.54) is 23.9 Å². The van der Waals surface area contributed by atoms with E-state index in [1.54, 1.807) is 18.0 Å². The summed E-state index contributed by atoms with van der Waals surface area (Å²) in [5.41, 5.74) is -0.265. The Labute approximate surface area is 171 Å². The average molecular weight is 479 g/mol. The molecule has 2 aromatic rings. The first-order chi connectivity index (χ1) is 11.7. The Balaban J connectivity index is 0.00000243. The predicted molar refractivity (Wildman–Crippen MR) is 111 cm³/mol. The molecule has 1 atom stereocenters. The zero-order chi connectivity index (χ0) is 18.2. The van der Waals surface area contributed by atoms with Crippen molar-refractivity contribution in [1.82, 2.24) is 4.90 Å². The summed E-state index contributed by atoms with van der Waals surface area (Å²) in [7, 11) is -2.29. The lowest BCUT2D eigenvalue weighted by Gasteiger charge is -2.31. The van der Waals surface area contributed by atoms with Crippen LogP contribution in [0.25, 0.3) is 0 Å². The fourth-order valence-corrected chi connectivity index (χ4v) is 4.76. The summed E-state index contributed by atoms with van der Waals surface area (Å²) < 4.78 is 23.4. The van der Waals surface area contributed by atoms with Gasteiger partial charge in [-0.3, -0.25) is 0 Å². The molecule has 3 rings (SSSR count). The lowest BCUT2D eigenvalue weighted by atomic mass is 10.0. The number of hydrogen-bond donors (Lipinski definition) is 2. The van der Waals surface area contributed by atoms with E-state index in [0.717, 1.165) is 5.69 Å². The number of halogens is 2. The van der Waals surface area contributed by atoms with E-state index in [4.69, 9.17) is 16.7 Å². The number of nitrogens with zero attached hydrogens (tertiary/aromatic N) is 2. The number of sulfonamides is 1. The van der Waals surface area contributed by atoms with E-state index in [9.17, 15) is 13.5 Å². The topological polar surface area (TPSA) is 96.0 Å². The van der Waals surface area contributed by atoms with Gasteiger partial charge in [0.25, 0.3) is 0 Å². The molecule has 1 heterocycles. The first-order valence-electron chi connectivity index (χ1n) is 7.27. The van der Waals surface area contributed by atoms with Crippen LogP contribution in [0, 0.1) is 0 Å². The molecule has 1 aliphatic heterocycles. The monoisotopic (exact) mass is 477 g/mol. The van der Waals surface area contributed by atoms with E-state index in [0.29, 0.717) is 16.5 Å². The first-order valence-corrected chi connectivity index (χ1v) is 10.2. The molecule has 3 N–H and O–H groups in total. The number of hydrogen-bond acceptors (Lipinski definition) is 5. The number of nitrogens with two attached hydrogens (primary N) is 1. The number of thioether (sulfide) groups is 1. The maximum absolute atomic E-state index is 11.7. The summed E-state index contributed by atoms with van der Waals surface area (Å²) in [6.45, 7) is 0. The molecule has 0 radical (unpaired) electrons. The van der Waals surface area contributed by atoms with Gasteiger partial charge in [-0.25, -0.2) is 18.5 Å². The summed E-state index contributed by atoms with van der Waals surface area (Å²) >= 11 is 7.30. The average Bonchev–Trinajstić information content (AvgIpc) is 2.85. The van der Waals surface area contributed by atoms with Crippen molar-refractivity contribution in [2.24, 2.45) is 10.1 Å². The van der Waals surface area contributed by atoms with E-state index in [-0.39, 0.29) is 26.9 Å². The van der Waals surface area contributed by atoms with Gasteiger partial charge < -0.3 is 10.0 Å². The molecule has 0 saturated carbocycles. The summed E-state index contributed by atoms with van der Waals surface area (Å²) in [5.74, 6) is 0.293. The number of aliphatic imine (C=N–C) groups is 1. The van der Waals surface area contributed by atoms with Crippen molar-refractivity contribution < 1.29 is 13.5 Å². The van der Waals surface area contributed by atoms with Crippen molar-refractivity contribution >= 4 is 61.2 Å². The second-order valence-corrected chi connectivity index (χ2v) is 8.46. The highest BCUT2D eigenvalue weighted by Gasteiger charge is 2.43. The molecule has 26 heavy (non-hydrogen) atoms. The van der Waals surface area contributed by atoms with Gasteiger partial charge in [0.2, 0.25) is 10.0 Å². The van der Waals surface area contributed by atoms with Crippen LogP contribution in [0.15, 0.2) is 58.4 Å². The molecule has 10 heteroatoms. The standard InChI is InChI=1S/C16H16ClN3O3S2.BrH/c1-20-15(19-12-5-3-2-4-6-12)24-10-16(20,21)11-7-8-13(17)14(9-11)25(18,22)23;/h2-9,21H,10H2,1H3,(H2,18,22,23);1H/b19-15+;. The molecule has 1 unspecified atom stereocenters. The molecular weight excluding hydrogens is 462 g/mol. The SMILES string of the molecule is Br.CN1/C(=N\c2ccccc2)SCC1(O)c1ccc(Cl)c(S(N)(=O)=O)c1. The Kier molecular flexibility index (Phi) is 6.42. The van der Waals surface area contributed by atoms with E-state index < -0.39 is 15.7 Å². The highest BCUT2D eigenvalue weighted by Crippen LogP contribution is 2.40. The molecule has 0 spiro atoms. The normalized spacial score (nSPS) is 21.7. The van der Waals surface area contributed by atoms with Gasteiger partial charge in [0.05, 0.1) is 16.5 Å². The molecule has 1 saturated heterocycles. The molecule has 0 aromatic heterocycles. The molecular formula is C16H17BrClN3O3S2. The molecule has 0 bridgehead atoms. The number of para-hydroxylation sites is 1. The van der Waals surface area contributed by atoms with Gasteiger partial charge in [0.15, 0.2) is 10.9 Å². The van der Waals surface area contributed by atoms with Crippen LogP contribution in [0.1, 0.15) is 5.56 Å². The summed E-state index contributed by atoms with van der Waals surface area (Å²) in [5, 5.41) is 16.9. The van der Waals surface area contributed by atoms with Crippen molar-refractivity contribution in [2.75, 3.05) is 12.8 Å². The first kappa shape index (κ1) is 21.2. The third-order valence-electron chi connectivity index (χ3n) is 3.93. The molecule has 6 nitrogen and oxygen atoms in total. The van der Waals surface area contributed by atoms with E-state index in [2.05, 4.69) is 4.99 Å². The molecule has 1 fully saturated rings. The van der Waals surface area contributed by atoms with Gasteiger partial charge in [0.1, 0.15) is 4.90 Å². The van der Waals surface area contributed by atoms with Crippen LogP contribution in [-0.2, 0) is 15.7 Å². The highest BCUT2D eigenvalue weighted by molar-refractivity contribution is 8.93. The maximum Gasteiger partial charge on any atom is 0.239 e. The summed E-state index contributed by atoms with van der Waals surface area (Å²) in [6.07, 6.45) is 0. The van der Waals surface area contributed by atoms with Crippen molar-refractivity contribution in [2.45, 2.75) is 10.6 Å². The lowest BCUT2D eigenvalue weighted by molar-refractivity contribution is -0.0349. The second kappa shape index (κ2) is 7.87. The number of amidine groups is 1. The maximum atomic E-state index is 11.7. The van der Waals surface area contributed by atoms with Crippen LogP contribution < -0.4 is 5.14 Å². The van der Waals surface area contributed by atoms with Crippen LogP contribution in [0.5, 0.6) is 0 Å². The third-order valence-corrected chi connectivity index (χ3v) is 6.49. The number of aliphatic hydroxyl groups is 1. The van der Waals surface area contributed by atoms with Crippen molar-refractivity contribution in [3.8, 4) is 0 Å². The lowest BCUT2D eigenvalue weighted by Crippen LogP contribution is -2.42. The second-order valence-electron chi connectivity index (χ2n) is 5.58. The third kappa shape index (κ3) is 4.08.